The summed E-state index contributed by atoms with van der Waals surface area (Å²) in [5.41, 5.74) is 7.54. The molecule has 0 bridgehead atoms. The molecule has 1 spiro atoms. The second-order valence-corrected chi connectivity index (χ2v) is 5.98. The van der Waals surface area contributed by atoms with Crippen molar-refractivity contribution in [2.24, 2.45) is 5.41 Å². The molecular weight excluding hydrogens is 227 g/mol. The number of hydrogen-bond acceptors (Lipinski definition) is 2. The molecule has 3 rings (SSSR count). The van der Waals surface area contributed by atoms with Crippen molar-refractivity contribution in [3.63, 3.8) is 0 Å². The van der Waals surface area contributed by atoms with Gasteiger partial charge in [0.2, 0.25) is 0 Å². The summed E-state index contributed by atoms with van der Waals surface area (Å²) in [7, 11) is 0. The van der Waals surface area contributed by atoms with E-state index in [1.807, 2.05) is 0 Å². The number of hydrogen-bond donors (Lipinski definition) is 1. The highest BCUT2D eigenvalue weighted by atomic mass is 19.1. The SMILES string of the molecule is Nc1ccc(F)c(N2CC3(CCCCCC3)C2)c1. The first-order valence-electron chi connectivity index (χ1n) is 6.99. The van der Waals surface area contributed by atoms with Crippen LogP contribution in [0.4, 0.5) is 15.8 Å². The second-order valence-electron chi connectivity index (χ2n) is 5.98. The Morgan fingerprint density at radius 3 is 2.39 bits per heavy atom. The lowest BCUT2D eigenvalue weighted by molar-refractivity contribution is 0.179. The zero-order chi connectivity index (χ0) is 12.6. The maximum atomic E-state index is 13.8. The summed E-state index contributed by atoms with van der Waals surface area (Å²) in [5.74, 6) is -0.146. The third-order valence-corrected chi connectivity index (χ3v) is 4.53. The van der Waals surface area contributed by atoms with E-state index in [1.54, 1.807) is 12.1 Å². The molecular formula is C15H21FN2. The molecule has 1 aromatic rings. The Kier molecular flexibility index (Phi) is 2.92. The van der Waals surface area contributed by atoms with Crippen LogP contribution in [0.5, 0.6) is 0 Å². The van der Waals surface area contributed by atoms with Crippen molar-refractivity contribution in [2.75, 3.05) is 23.7 Å². The highest BCUT2D eigenvalue weighted by molar-refractivity contribution is 5.58. The molecule has 18 heavy (non-hydrogen) atoms. The van der Waals surface area contributed by atoms with Crippen molar-refractivity contribution in [3.8, 4) is 0 Å². The van der Waals surface area contributed by atoms with E-state index in [-0.39, 0.29) is 5.82 Å². The van der Waals surface area contributed by atoms with E-state index in [4.69, 9.17) is 5.73 Å². The Balaban J connectivity index is 1.72. The minimum absolute atomic E-state index is 0.146. The van der Waals surface area contributed by atoms with Crippen LogP contribution in [-0.2, 0) is 0 Å². The highest BCUT2D eigenvalue weighted by Crippen LogP contribution is 2.45. The third kappa shape index (κ3) is 2.06. The predicted octanol–water partition coefficient (Wildman–Crippen LogP) is 3.57. The minimum atomic E-state index is -0.146. The molecule has 0 amide bonds. The molecule has 1 saturated carbocycles. The summed E-state index contributed by atoms with van der Waals surface area (Å²) in [6, 6.07) is 4.86. The lowest BCUT2D eigenvalue weighted by Gasteiger charge is -2.51. The van der Waals surface area contributed by atoms with Gasteiger partial charge in [-0.25, -0.2) is 4.39 Å². The van der Waals surface area contributed by atoms with Gasteiger partial charge in [-0.05, 0) is 31.0 Å². The largest absolute Gasteiger partial charge is 0.399 e. The second kappa shape index (κ2) is 4.45. The van der Waals surface area contributed by atoms with E-state index in [0.29, 0.717) is 16.8 Å². The normalized spacial score (nSPS) is 22.6. The van der Waals surface area contributed by atoms with E-state index in [0.717, 1.165) is 13.1 Å². The van der Waals surface area contributed by atoms with Gasteiger partial charge in [0.25, 0.3) is 0 Å². The van der Waals surface area contributed by atoms with E-state index < -0.39 is 0 Å². The van der Waals surface area contributed by atoms with Crippen LogP contribution in [0, 0.1) is 11.2 Å². The summed E-state index contributed by atoms with van der Waals surface area (Å²) >= 11 is 0. The Labute approximate surface area is 108 Å². The standard InChI is InChI=1S/C15H21FN2/c16-13-6-5-12(17)9-14(13)18-10-15(11-18)7-3-1-2-4-8-15/h5-6,9H,1-4,7-8,10-11,17H2. The van der Waals surface area contributed by atoms with Gasteiger partial charge in [-0.1, -0.05) is 25.7 Å². The van der Waals surface area contributed by atoms with Crippen LogP contribution >= 0.6 is 0 Å². The van der Waals surface area contributed by atoms with Gasteiger partial charge in [-0.2, -0.15) is 0 Å². The van der Waals surface area contributed by atoms with Gasteiger partial charge in [0, 0.05) is 24.2 Å². The first-order chi connectivity index (χ1) is 8.69. The van der Waals surface area contributed by atoms with Gasteiger partial charge in [0.1, 0.15) is 5.82 Å². The molecule has 3 heteroatoms. The zero-order valence-electron chi connectivity index (χ0n) is 10.8. The molecule has 0 radical (unpaired) electrons. The number of rotatable bonds is 1. The fourth-order valence-corrected chi connectivity index (χ4v) is 3.50. The number of nitrogens with two attached hydrogens (primary N) is 1. The Morgan fingerprint density at radius 1 is 1.06 bits per heavy atom. The number of halogens is 1. The Bertz CT molecular complexity index is 428. The van der Waals surface area contributed by atoms with Crippen molar-refractivity contribution < 1.29 is 4.39 Å². The fourth-order valence-electron chi connectivity index (χ4n) is 3.50. The van der Waals surface area contributed by atoms with E-state index in [2.05, 4.69) is 4.90 Å². The molecule has 0 unspecified atom stereocenters. The summed E-state index contributed by atoms with van der Waals surface area (Å²) < 4.78 is 13.8. The van der Waals surface area contributed by atoms with Crippen LogP contribution in [0.3, 0.4) is 0 Å². The number of benzene rings is 1. The number of anilines is 2. The predicted molar refractivity (Wildman–Crippen MR) is 73.2 cm³/mol. The van der Waals surface area contributed by atoms with Crippen LogP contribution in [0.25, 0.3) is 0 Å². The Hall–Kier alpha value is -1.25. The van der Waals surface area contributed by atoms with Gasteiger partial charge in [-0.3, -0.25) is 0 Å². The van der Waals surface area contributed by atoms with Crippen molar-refractivity contribution in [2.45, 2.75) is 38.5 Å². The lowest BCUT2D eigenvalue weighted by Crippen LogP contribution is -2.56. The van der Waals surface area contributed by atoms with Gasteiger partial charge < -0.3 is 10.6 Å². The number of nitrogen functional groups attached to an aromatic ring is 1. The quantitative estimate of drug-likeness (QED) is 0.770. The van der Waals surface area contributed by atoms with Crippen LogP contribution in [0.2, 0.25) is 0 Å². The molecule has 0 aromatic heterocycles. The molecule has 1 aromatic carbocycles. The van der Waals surface area contributed by atoms with Crippen LogP contribution in [0.15, 0.2) is 18.2 Å². The molecule has 2 N–H and O–H groups in total. The van der Waals surface area contributed by atoms with Gasteiger partial charge in [0.05, 0.1) is 5.69 Å². The fraction of sp³-hybridized carbons (Fsp3) is 0.600. The minimum Gasteiger partial charge on any atom is -0.399 e. The average Bonchev–Trinajstić information content (AvgIpc) is 2.56. The average molecular weight is 248 g/mol. The van der Waals surface area contributed by atoms with Crippen LogP contribution < -0.4 is 10.6 Å². The van der Waals surface area contributed by atoms with Crippen molar-refractivity contribution in [1.29, 1.82) is 0 Å². The van der Waals surface area contributed by atoms with Crippen LogP contribution in [0.1, 0.15) is 38.5 Å². The van der Waals surface area contributed by atoms with Crippen molar-refractivity contribution in [1.82, 2.24) is 0 Å². The van der Waals surface area contributed by atoms with Gasteiger partial charge in [0.15, 0.2) is 0 Å². The first kappa shape index (κ1) is 11.8. The monoisotopic (exact) mass is 248 g/mol. The van der Waals surface area contributed by atoms with E-state index in [1.165, 1.54) is 44.6 Å². The van der Waals surface area contributed by atoms with E-state index in [9.17, 15) is 4.39 Å². The first-order valence-corrected chi connectivity index (χ1v) is 6.99. The molecule has 2 nitrogen and oxygen atoms in total. The molecule has 2 aliphatic rings. The molecule has 1 aliphatic carbocycles. The van der Waals surface area contributed by atoms with Crippen molar-refractivity contribution >= 4 is 11.4 Å². The maximum Gasteiger partial charge on any atom is 0.146 e. The number of nitrogens with zero attached hydrogens (tertiary/aromatic N) is 1. The van der Waals surface area contributed by atoms with Gasteiger partial charge >= 0.3 is 0 Å². The molecule has 1 heterocycles. The molecule has 2 fully saturated rings. The molecule has 1 saturated heterocycles. The third-order valence-electron chi connectivity index (χ3n) is 4.53. The molecule has 0 atom stereocenters. The zero-order valence-corrected chi connectivity index (χ0v) is 10.8. The molecule has 1 aliphatic heterocycles. The van der Waals surface area contributed by atoms with Crippen LogP contribution in [-0.4, -0.2) is 13.1 Å². The molecule has 98 valence electrons. The lowest BCUT2D eigenvalue weighted by atomic mass is 9.73. The van der Waals surface area contributed by atoms with E-state index >= 15 is 0 Å². The summed E-state index contributed by atoms with van der Waals surface area (Å²) in [6.45, 7) is 2.01. The summed E-state index contributed by atoms with van der Waals surface area (Å²) in [5, 5.41) is 0. The highest BCUT2D eigenvalue weighted by Gasteiger charge is 2.43. The maximum absolute atomic E-state index is 13.8. The topological polar surface area (TPSA) is 29.3 Å². The summed E-state index contributed by atoms with van der Waals surface area (Å²) in [4.78, 5) is 2.15. The Morgan fingerprint density at radius 2 is 1.72 bits per heavy atom. The summed E-state index contributed by atoms with van der Waals surface area (Å²) in [6.07, 6.45) is 8.05. The van der Waals surface area contributed by atoms with Gasteiger partial charge in [-0.15, -0.1) is 0 Å². The van der Waals surface area contributed by atoms with Crippen molar-refractivity contribution in [3.05, 3.63) is 24.0 Å². The smallest absolute Gasteiger partial charge is 0.146 e.